The zero-order valence-electron chi connectivity index (χ0n) is 18.8. The van der Waals surface area contributed by atoms with E-state index in [-0.39, 0.29) is 12.3 Å². The Balaban J connectivity index is 2.08. The van der Waals surface area contributed by atoms with Gasteiger partial charge in [-0.15, -0.1) is 0 Å². The van der Waals surface area contributed by atoms with Gasteiger partial charge in [-0.1, -0.05) is 38.5 Å². The Kier molecular flexibility index (Phi) is 9.67. The fraction of sp³-hybridized carbons (Fsp3) is 0.522. The van der Waals surface area contributed by atoms with Crippen molar-refractivity contribution in [2.45, 2.75) is 64.1 Å². The summed E-state index contributed by atoms with van der Waals surface area (Å²) in [6, 6.07) is 4.82. The minimum absolute atomic E-state index is 0.108. The van der Waals surface area contributed by atoms with Crippen molar-refractivity contribution < 1.29 is 19.5 Å². The molecule has 1 aromatic carbocycles. The van der Waals surface area contributed by atoms with Gasteiger partial charge in [-0.3, -0.25) is 9.59 Å². The van der Waals surface area contributed by atoms with E-state index >= 15 is 0 Å². The zero-order chi connectivity index (χ0) is 23.7. The molecule has 0 unspecified atom stereocenters. The number of hydrogen-bond acceptors (Lipinski definition) is 5. The van der Waals surface area contributed by atoms with Crippen molar-refractivity contribution in [1.29, 1.82) is 0 Å². The number of aromatic amines is 1. The number of nitrogens with one attached hydrogen (secondary N) is 3. The van der Waals surface area contributed by atoms with Crippen LogP contribution in [0.3, 0.4) is 0 Å². The third-order valence-electron chi connectivity index (χ3n) is 5.36. The first-order chi connectivity index (χ1) is 15.2. The van der Waals surface area contributed by atoms with Crippen molar-refractivity contribution in [3.63, 3.8) is 0 Å². The van der Waals surface area contributed by atoms with E-state index in [1.165, 1.54) is 0 Å². The van der Waals surface area contributed by atoms with Gasteiger partial charge in [0.15, 0.2) is 0 Å². The molecule has 2 amide bonds. The first kappa shape index (κ1) is 25.4. The summed E-state index contributed by atoms with van der Waals surface area (Å²) in [5, 5.41) is 15.9. The summed E-state index contributed by atoms with van der Waals surface area (Å²) in [4.78, 5) is 40.4. The van der Waals surface area contributed by atoms with Crippen molar-refractivity contribution in [2.24, 2.45) is 17.4 Å². The molecular weight excluding hydrogens is 410 g/mol. The molecule has 8 N–H and O–H groups in total. The molecule has 0 fully saturated rings. The van der Waals surface area contributed by atoms with E-state index in [1.807, 2.05) is 38.1 Å². The maximum atomic E-state index is 12.9. The molecule has 1 aromatic heterocycles. The summed E-state index contributed by atoms with van der Waals surface area (Å²) >= 11 is 0. The minimum atomic E-state index is -1.14. The normalized spacial score (nSPS) is 14.2. The fourth-order valence-corrected chi connectivity index (χ4v) is 3.61. The Hall–Kier alpha value is -2.91. The molecule has 2 aromatic rings. The lowest BCUT2D eigenvalue weighted by Gasteiger charge is -2.24. The molecule has 0 bridgehead atoms. The molecule has 0 saturated carbocycles. The van der Waals surface area contributed by atoms with Gasteiger partial charge in [0.05, 0.1) is 6.04 Å². The molecule has 176 valence electrons. The van der Waals surface area contributed by atoms with E-state index in [1.54, 1.807) is 6.20 Å². The second kappa shape index (κ2) is 12.2. The van der Waals surface area contributed by atoms with Crippen molar-refractivity contribution >= 4 is 28.7 Å². The Bertz CT molecular complexity index is 911. The maximum Gasteiger partial charge on any atom is 0.326 e. The predicted molar refractivity (Wildman–Crippen MR) is 124 cm³/mol. The molecule has 0 aliphatic heterocycles. The first-order valence-electron chi connectivity index (χ1n) is 11.1. The van der Waals surface area contributed by atoms with Crippen molar-refractivity contribution in [3.8, 4) is 0 Å². The van der Waals surface area contributed by atoms with Crippen LogP contribution in [-0.4, -0.2) is 52.5 Å². The van der Waals surface area contributed by atoms with Gasteiger partial charge in [-0.25, -0.2) is 4.79 Å². The van der Waals surface area contributed by atoms with Crippen LogP contribution in [0.4, 0.5) is 0 Å². The Morgan fingerprint density at radius 2 is 1.75 bits per heavy atom. The average molecular weight is 446 g/mol. The van der Waals surface area contributed by atoms with Gasteiger partial charge in [0.25, 0.3) is 0 Å². The van der Waals surface area contributed by atoms with E-state index < -0.39 is 35.9 Å². The smallest absolute Gasteiger partial charge is 0.326 e. The number of carbonyl (C=O) groups is 3. The molecule has 9 nitrogen and oxygen atoms in total. The lowest BCUT2D eigenvalue weighted by atomic mass is 10.0. The molecule has 32 heavy (non-hydrogen) atoms. The highest BCUT2D eigenvalue weighted by molar-refractivity contribution is 5.92. The number of hydrogen-bond donors (Lipinski definition) is 6. The molecule has 2 rings (SSSR count). The average Bonchev–Trinajstić information content (AvgIpc) is 3.15. The maximum absolute atomic E-state index is 12.9. The minimum Gasteiger partial charge on any atom is -0.480 e. The summed E-state index contributed by atoms with van der Waals surface area (Å²) in [5.74, 6) is -1.99. The quantitative estimate of drug-likeness (QED) is 0.254. The van der Waals surface area contributed by atoms with Crippen LogP contribution in [0.25, 0.3) is 10.9 Å². The number of benzene rings is 1. The van der Waals surface area contributed by atoms with E-state index in [9.17, 15) is 19.5 Å². The number of amides is 2. The second-order valence-electron chi connectivity index (χ2n) is 8.54. The lowest BCUT2D eigenvalue weighted by molar-refractivity contribution is -0.142. The topological polar surface area (TPSA) is 163 Å². The second-order valence-corrected chi connectivity index (χ2v) is 8.54. The molecule has 0 radical (unpaired) electrons. The first-order valence-corrected chi connectivity index (χ1v) is 11.1. The molecule has 0 saturated heterocycles. The van der Waals surface area contributed by atoms with E-state index in [4.69, 9.17) is 11.5 Å². The third kappa shape index (κ3) is 7.35. The van der Waals surface area contributed by atoms with Crippen LogP contribution in [0, 0.1) is 5.92 Å². The van der Waals surface area contributed by atoms with E-state index in [0.717, 1.165) is 29.3 Å². The van der Waals surface area contributed by atoms with Crippen molar-refractivity contribution in [1.82, 2.24) is 15.6 Å². The summed E-state index contributed by atoms with van der Waals surface area (Å²) in [7, 11) is 0. The van der Waals surface area contributed by atoms with Crippen LogP contribution in [0.5, 0.6) is 0 Å². The number of aliphatic carboxylic acids is 1. The standard InChI is InChI=1S/C23H35N5O4/c1-14(2)11-19(27-21(29)17(25)8-5-6-10-24)22(30)28-20(23(31)32)12-15-13-26-18-9-4-3-7-16(15)18/h3-4,7,9,13-14,17,19-20,26H,5-6,8,10-12,24-25H2,1-2H3,(H,27,29)(H,28,30)(H,31,32)/t17-,19-,20-/m0/s1. The molecule has 0 aliphatic rings. The number of carboxylic acids is 1. The Morgan fingerprint density at radius 3 is 2.41 bits per heavy atom. The van der Waals surface area contributed by atoms with Crippen LogP contribution < -0.4 is 22.1 Å². The highest BCUT2D eigenvalue weighted by Gasteiger charge is 2.29. The molecule has 0 spiro atoms. The van der Waals surface area contributed by atoms with Crippen LogP contribution in [0.1, 0.15) is 45.1 Å². The van der Waals surface area contributed by atoms with Gasteiger partial charge in [-0.2, -0.15) is 0 Å². The van der Waals surface area contributed by atoms with Crippen molar-refractivity contribution in [3.05, 3.63) is 36.0 Å². The summed E-state index contributed by atoms with van der Waals surface area (Å²) in [6.07, 6.45) is 4.19. The van der Waals surface area contributed by atoms with Gasteiger partial charge in [-0.05, 0) is 43.4 Å². The number of H-pyrrole nitrogens is 1. The van der Waals surface area contributed by atoms with Crippen LogP contribution >= 0.6 is 0 Å². The van der Waals surface area contributed by atoms with Gasteiger partial charge >= 0.3 is 5.97 Å². The number of carboxylic acid groups (broad SMARTS) is 1. The highest BCUT2D eigenvalue weighted by Crippen LogP contribution is 2.19. The summed E-state index contributed by atoms with van der Waals surface area (Å²) < 4.78 is 0. The largest absolute Gasteiger partial charge is 0.480 e. The van der Waals surface area contributed by atoms with E-state index in [0.29, 0.717) is 19.4 Å². The van der Waals surface area contributed by atoms with Gasteiger partial charge in [0.1, 0.15) is 12.1 Å². The van der Waals surface area contributed by atoms with Crippen LogP contribution in [0.15, 0.2) is 30.5 Å². The van der Waals surface area contributed by atoms with Crippen LogP contribution in [0.2, 0.25) is 0 Å². The number of unbranched alkanes of at least 4 members (excludes halogenated alkanes) is 1. The Labute approximate surface area is 188 Å². The van der Waals surface area contributed by atoms with Gasteiger partial charge in [0, 0.05) is 23.5 Å². The number of carbonyl (C=O) groups excluding carboxylic acids is 2. The van der Waals surface area contributed by atoms with Gasteiger partial charge in [0.2, 0.25) is 11.8 Å². The van der Waals surface area contributed by atoms with Crippen molar-refractivity contribution in [2.75, 3.05) is 6.54 Å². The number of fused-ring (bicyclic) bond motifs is 1. The highest BCUT2D eigenvalue weighted by atomic mass is 16.4. The van der Waals surface area contributed by atoms with Crippen LogP contribution in [-0.2, 0) is 20.8 Å². The monoisotopic (exact) mass is 445 g/mol. The Morgan fingerprint density at radius 1 is 1.06 bits per heavy atom. The van der Waals surface area contributed by atoms with E-state index in [2.05, 4.69) is 15.6 Å². The SMILES string of the molecule is CC(C)C[C@H](NC(=O)[C@@H](N)CCCCN)C(=O)N[C@@H](Cc1c[nH]c2ccccc12)C(=O)O. The lowest BCUT2D eigenvalue weighted by Crippen LogP contribution is -2.55. The summed E-state index contributed by atoms with van der Waals surface area (Å²) in [5.41, 5.74) is 13.1. The molecule has 1 heterocycles. The number of nitrogens with two attached hydrogens (primary N) is 2. The number of para-hydroxylation sites is 1. The fourth-order valence-electron chi connectivity index (χ4n) is 3.61. The predicted octanol–water partition coefficient (Wildman–Crippen LogP) is 1.27. The zero-order valence-corrected chi connectivity index (χ0v) is 18.8. The summed E-state index contributed by atoms with van der Waals surface area (Å²) in [6.45, 7) is 4.38. The van der Waals surface area contributed by atoms with Gasteiger partial charge < -0.3 is 32.2 Å². The molecular formula is C23H35N5O4. The molecule has 9 heteroatoms. The molecule has 0 aliphatic carbocycles. The third-order valence-corrected chi connectivity index (χ3v) is 5.36. The number of aromatic nitrogens is 1. The molecule has 3 atom stereocenters. The number of rotatable bonds is 13.